The first kappa shape index (κ1) is 19.0. The minimum absolute atomic E-state index is 0.0963. The highest BCUT2D eigenvalue weighted by Gasteiger charge is 2.45. The molecule has 0 fully saturated rings. The van der Waals surface area contributed by atoms with Crippen molar-refractivity contribution in [2.75, 3.05) is 0 Å². The lowest BCUT2D eigenvalue weighted by atomic mass is 9.95. The van der Waals surface area contributed by atoms with Crippen LogP contribution in [-0.2, 0) is 11.3 Å². The van der Waals surface area contributed by atoms with Crippen molar-refractivity contribution in [3.63, 3.8) is 0 Å². The van der Waals surface area contributed by atoms with Crippen LogP contribution in [0, 0.1) is 5.82 Å². The molecule has 3 aromatic rings. The highest BCUT2D eigenvalue weighted by molar-refractivity contribution is 9.10. The van der Waals surface area contributed by atoms with Crippen molar-refractivity contribution >= 4 is 50.3 Å². The molecule has 1 amide bonds. The molecule has 8 heteroatoms. The standard InChI is InChI=1S/C20H13BrFNO3S2/c21-11-5-6-14(22)13(9-11)17-16(18(24)15-4-2-8-28-15)19(25)20(26)23(17)10-12-3-1-7-27-12/h1-9,17,25H,10H2. The molecule has 1 atom stereocenters. The van der Waals surface area contributed by atoms with Gasteiger partial charge in [-0.05, 0) is 41.1 Å². The number of ketones is 1. The largest absolute Gasteiger partial charge is 0.503 e. The molecule has 1 unspecified atom stereocenters. The molecule has 0 spiro atoms. The first-order valence-electron chi connectivity index (χ1n) is 8.27. The maximum Gasteiger partial charge on any atom is 0.290 e. The van der Waals surface area contributed by atoms with Crippen LogP contribution >= 0.6 is 38.6 Å². The van der Waals surface area contributed by atoms with Crippen LogP contribution in [0.15, 0.2) is 69.0 Å². The van der Waals surface area contributed by atoms with Gasteiger partial charge < -0.3 is 10.0 Å². The molecule has 0 bridgehead atoms. The van der Waals surface area contributed by atoms with Gasteiger partial charge in [0.1, 0.15) is 5.82 Å². The van der Waals surface area contributed by atoms with Gasteiger partial charge in [-0.3, -0.25) is 9.59 Å². The van der Waals surface area contributed by atoms with Crippen molar-refractivity contribution < 1.29 is 19.1 Å². The average Bonchev–Trinajstić information content (AvgIpc) is 3.42. The number of carbonyl (C=O) groups excluding carboxylic acids is 2. The molecule has 0 saturated heterocycles. The minimum Gasteiger partial charge on any atom is -0.503 e. The van der Waals surface area contributed by atoms with Crippen molar-refractivity contribution in [3.8, 4) is 0 Å². The predicted octanol–water partition coefficient (Wildman–Crippen LogP) is 5.49. The van der Waals surface area contributed by atoms with E-state index in [0.717, 1.165) is 4.88 Å². The normalized spacial score (nSPS) is 16.9. The van der Waals surface area contributed by atoms with Crippen LogP contribution in [0.3, 0.4) is 0 Å². The first-order valence-corrected chi connectivity index (χ1v) is 10.8. The lowest BCUT2D eigenvalue weighted by Gasteiger charge is -2.26. The maximum absolute atomic E-state index is 14.7. The van der Waals surface area contributed by atoms with Crippen LogP contribution < -0.4 is 0 Å². The molecule has 1 aliphatic heterocycles. The summed E-state index contributed by atoms with van der Waals surface area (Å²) in [5.74, 6) is -2.33. The predicted molar refractivity (Wildman–Crippen MR) is 110 cm³/mol. The van der Waals surface area contributed by atoms with Gasteiger partial charge in [-0.15, -0.1) is 22.7 Å². The summed E-state index contributed by atoms with van der Waals surface area (Å²) in [6.07, 6.45) is 0. The maximum atomic E-state index is 14.7. The van der Waals surface area contributed by atoms with Gasteiger partial charge in [0.25, 0.3) is 5.91 Å². The molecule has 142 valence electrons. The molecule has 4 nitrogen and oxygen atoms in total. The molecule has 1 aliphatic rings. The van der Waals surface area contributed by atoms with Crippen molar-refractivity contribution in [1.29, 1.82) is 0 Å². The van der Waals surface area contributed by atoms with Gasteiger partial charge in [0, 0.05) is 14.9 Å². The molecule has 0 saturated carbocycles. The van der Waals surface area contributed by atoms with E-state index in [1.807, 2.05) is 17.5 Å². The van der Waals surface area contributed by atoms with Crippen LogP contribution in [0.2, 0.25) is 0 Å². The Hall–Kier alpha value is -2.29. The summed E-state index contributed by atoms with van der Waals surface area (Å²) in [6, 6.07) is 10.4. The average molecular weight is 478 g/mol. The van der Waals surface area contributed by atoms with Crippen LogP contribution in [0.4, 0.5) is 4.39 Å². The van der Waals surface area contributed by atoms with E-state index in [2.05, 4.69) is 15.9 Å². The summed E-state index contributed by atoms with van der Waals surface area (Å²) in [4.78, 5) is 28.5. The zero-order valence-electron chi connectivity index (χ0n) is 14.3. The topological polar surface area (TPSA) is 57.6 Å². The van der Waals surface area contributed by atoms with E-state index in [9.17, 15) is 19.1 Å². The Morgan fingerprint density at radius 2 is 1.93 bits per heavy atom. The van der Waals surface area contributed by atoms with Gasteiger partial charge in [-0.25, -0.2) is 4.39 Å². The summed E-state index contributed by atoms with van der Waals surface area (Å²) in [5.41, 5.74) is 0.0595. The molecule has 28 heavy (non-hydrogen) atoms. The Balaban J connectivity index is 1.85. The lowest BCUT2D eigenvalue weighted by molar-refractivity contribution is -0.130. The van der Waals surface area contributed by atoms with Crippen LogP contribution in [0.1, 0.15) is 26.2 Å². The fourth-order valence-electron chi connectivity index (χ4n) is 3.21. The SMILES string of the molecule is O=C(C1=C(O)C(=O)N(Cc2cccs2)C1c1cc(Br)ccc1F)c1cccs1. The lowest BCUT2D eigenvalue weighted by Crippen LogP contribution is -2.31. The summed E-state index contributed by atoms with van der Waals surface area (Å²) in [5, 5.41) is 14.2. The van der Waals surface area contributed by atoms with Crippen LogP contribution in [-0.4, -0.2) is 21.7 Å². The van der Waals surface area contributed by atoms with Crippen LogP contribution in [0.25, 0.3) is 0 Å². The first-order chi connectivity index (χ1) is 13.5. The van der Waals surface area contributed by atoms with Gasteiger partial charge in [0.2, 0.25) is 5.78 Å². The number of aliphatic hydroxyl groups is 1. The van der Waals surface area contributed by atoms with Gasteiger partial charge >= 0.3 is 0 Å². The van der Waals surface area contributed by atoms with Crippen molar-refractivity contribution in [1.82, 2.24) is 4.90 Å². The number of nitrogens with zero attached hydrogens (tertiary/aromatic N) is 1. The molecule has 1 aromatic carbocycles. The molecule has 0 radical (unpaired) electrons. The van der Waals surface area contributed by atoms with Gasteiger partial charge in [0.15, 0.2) is 5.76 Å². The third-order valence-electron chi connectivity index (χ3n) is 4.45. The minimum atomic E-state index is -1.01. The second-order valence-electron chi connectivity index (χ2n) is 6.15. The summed E-state index contributed by atoms with van der Waals surface area (Å²) < 4.78 is 15.4. The van der Waals surface area contributed by atoms with Crippen molar-refractivity contribution in [3.05, 3.63) is 90.2 Å². The fourth-order valence-corrected chi connectivity index (χ4v) is 4.97. The number of hydrogen-bond donors (Lipinski definition) is 1. The fraction of sp³-hybridized carbons (Fsp3) is 0.100. The van der Waals surface area contributed by atoms with Crippen molar-refractivity contribution in [2.24, 2.45) is 0 Å². The summed E-state index contributed by atoms with van der Waals surface area (Å²) in [7, 11) is 0. The number of thiophene rings is 2. The number of halogens is 2. The number of hydrogen-bond acceptors (Lipinski definition) is 5. The highest BCUT2D eigenvalue weighted by atomic mass is 79.9. The highest BCUT2D eigenvalue weighted by Crippen LogP contribution is 2.42. The zero-order chi connectivity index (χ0) is 19.8. The Labute approximate surface area is 176 Å². The summed E-state index contributed by atoms with van der Waals surface area (Å²) in [6.45, 7) is 0.165. The Kier molecular flexibility index (Phi) is 5.18. The van der Waals surface area contributed by atoms with E-state index >= 15 is 0 Å². The number of rotatable bonds is 5. The van der Waals surface area contributed by atoms with Gasteiger partial charge in [0.05, 0.1) is 23.0 Å². The van der Waals surface area contributed by atoms with Crippen LogP contribution in [0.5, 0.6) is 0 Å². The second-order valence-corrected chi connectivity index (χ2v) is 9.05. The van der Waals surface area contributed by atoms with Crippen molar-refractivity contribution in [2.45, 2.75) is 12.6 Å². The van der Waals surface area contributed by atoms with E-state index < -0.39 is 29.3 Å². The molecule has 4 rings (SSSR count). The molecular weight excluding hydrogens is 465 g/mol. The van der Waals surface area contributed by atoms with Gasteiger partial charge in [-0.2, -0.15) is 0 Å². The Bertz CT molecular complexity index is 1080. The van der Waals surface area contributed by atoms with E-state index in [0.29, 0.717) is 9.35 Å². The number of Topliss-reactive ketones (excluding diaryl/α,β-unsaturated/α-hetero) is 1. The number of amides is 1. The van der Waals surface area contributed by atoms with E-state index in [1.165, 1.54) is 39.7 Å². The number of carbonyl (C=O) groups is 2. The smallest absolute Gasteiger partial charge is 0.290 e. The monoisotopic (exact) mass is 477 g/mol. The molecular formula is C20H13BrFNO3S2. The summed E-state index contributed by atoms with van der Waals surface area (Å²) >= 11 is 5.97. The molecule has 2 aromatic heterocycles. The Morgan fingerprint density at radius 3 is 2.61 bits per heavy atom. The molecule has 3 heterocycles. The quantitative estimate of drug-likeness (QED) is 0.494. The Morgan fingerprint density at radius 1 is 1.18 bits per heavy atom. The van der Waals surface area contributed by atoms with E-state index in [-0.39, 0.29) is 17.7 Å². The third-order valence-corrected chi connectivity index (χ3v) is 6.68. The number of aliphatic hydroxyl groups excluding tert-OH is 1. The molecule has 0 aliphatic carbocycles. The molecule has 1 N–H and O–H groups in total. The zero-order valence-corrected chi connectivity index (χ0v) is 17.5. The number of benzene rings is 1. The second kappa shape index (κ2) is 7.62. The van der Waals surface area contributed by atoms with Gasteiger partial charge in [-0.1, -0.05) is 28.1 Å². The third kappa shape index (κ3) is 3.32. The van der Waals surface area contributed by atoms with E-state index in [1.54, 1.807) is 23.6 Å². The van der Waals surface area contributed by atoms with E-state index in [4.69, 9.17) is 0 Å².